The third-order valence-corrected chi connectivity index (χ3v) is 2.44. The van der Waals surface area contributed by atoms with Gasteiger partial charge in [0.25, 0.3) is 0 Å². The fourth-order valence-corrected chi connectivity index (χ4v) is 1.77. The maximum atomic E-state index is 9.27. The summed E-state index contributed by atoms with van der Waals surface area (Å²) in [6.45, 7) is 3.70. The second kappa shape index (κ2) is 4.14. The lowest BCUT2D eigenvalue weighted by atomic mass is 10.2. The highest BCUT2D eigenvalue weighted by Gasteiger charge is 2.11. The number of aryl methyl sites for hydroxylation is 2. The first-order valence-electron chi connectivity index (χ1n) is 5.33. The number of hydrogen-bond donors (Lipinski definition) is 1. The topological polar surface area (TPSA) is 51.2 Å². The summed E-state index contributed by atoms with van der Waals surface area (Å²) in [6.07, 6.45) is 2.09. The largest absolute Gasteiger partial charge is 0.461 e. The smallest absolute Gasteiger partial charge is 0.137 e. The molecule has 2 rings (SSSR count). The Morgan fingerprint density at radius 1 is 1.50 bits per heavy atom. The molecule has 0 saturated carbocycles. The molecule has 1 N–H and O–H groups in total. The summed E-state index contributed by atoms with van der Waals surface area (Å²) in [4.78, 5) is 0. The first kappa shape index (κ1) is 11.0. The lowest BCUT2D eigenvalue weighted by Crippen LogP contribution is -2.02. The van der Waals surface area contributed by atoms with Crippen molar-refractivity contribution in [2.24, 2.45) is 7.05 Å². The van der Waals surface area contributed by atoms with Crippen molar-refractivity contribution >= 4 is 0 Å². The number of furan rings is 1. The molecule has 0 spiro atoms. The Morgan fingerprint density at radius 2 is 2.25 bits per heavy atom. The highest BCUT2D eigenvalue weighted by atomic mass is 16.3. The average molecular weight is 220 g/mol. The van der Waals surface area contributed by atoms with Gasteiger partial charge in [-0.2, -0.15) is 5.10 Å². The quantitative estimate of drug-likeness (QED) is 0.859. The van der Waals surface area contributed by atoms with E-state index in [4.69, 9.17) is 4.42 Å². The minimum Gasteiger partial charge on any atom is -0.461 e. The van der Waals surface area contributed by atoms with Crippen LogP contribution in [0.3, 0.4) is 0 Å². The van der Waals surface area contributed by atoms with Crippen molar-refractivity contribution in [2.45, 2.75) is 26.4 Å². The number of aliphatic hydroxyl groups is 1. The van der Waals surface area contributed by atoms with Crippen LogP contribution in [0.2, 0.25) is 0 Å². The van der Waals surface area contributed by atoms with Gasteiger partial charge < -0.3 is 9.52 Å². The van der Waals surface area contributed by atoms with Crippen molar-refractivity contribution in [1.29, 1.82) is 0 Å². The van der Waals surface area contributed by atoms with E-state index in [0.717, 1.165) is 22.8 Å². The lowest BCUT2D eigenvalue weighted by Gasteiger charge is -1.99. The van der Waals surface area contributed by atoms with E-state index < -0.39 is 0 Å². The van der Waals surface area contributed by atoms with Gasteiger partial charge in [0, 0.05) is 19.7 Å². The van der Waals surface area contributed by atoms with E-state index in [1.165, 1.54) is 0 Å². The molecule has 0 aromatic carbocycles. The first-order chi connectivity index (χ1) is 7.56. The molecule has 4 heteroatoms. The third-order valence-electron chi connectivity index (χ3n) is 2.44. The van der Waals surface area contributed by atoms with Crippen molar-refractivity contribution in [3.05, 3.63) is 29.8 Å². The molecule has 2 aromatic heterocycles. The maximum Gasteiger partial charge on any atom is 0.137 e. The average Bonchev–Trinajstić information content (AvgIpc) is 2.72. The van der Waals surface area contributed by atoms with Crippen molar-refractivity contribution in [2.75, 3.05) is 0 Å². The number of nitrogens with zero attached hydrogens (tertiary/aromatic N) is 2. The van der Waals surface area contributed by atoms with Gasteiger partial charge in [-0.05, 0) is 26.0 Å². The third kappa shape index (κ3) is 2.17. The Bertz CT molecular complexity index is 483. The summed E-state index contributed by atoms with van der Waals surface area (Å²) in [5.41, 5.74) is 1.94. The highest BCUT2D eigenvalue weighted by molar-refractivity contribution is 5.59. The molecule has 0 aliphatic rings. The van der Waals surface area contributed by atoms with E-state index in [2.05, 4.69) is 5.10 Å². The van der Waals surface area contributed by atoms with E-state index in [-0.39, 0.29) is 6.10 Å². The molecule has 86 valence electrons. The second-order valence-corrected chi connectivity index (χ2v) is 4.12. The fraction of sp³-hybridized carbons (Fsp3) is 0.417. The predicted octanol–water partition coefficient (Wildman–Crippen LogP) is 1.91. The Balaban J connectivity index is 2.28. The van der Waals surface area contributed by atoms with Gasteiger partial charge in [-0.1, -0.05) is 0 Å². The van der Waals surface area contributed by atoms with Crippen molar-refractivity contribution in [3.63, 3.8) is 0 Å². The molecule has 0 amide bonds. The highest BCUT2D eigenvalue weighted by Crippen LogP contribution is 2.25. The normalized spacial score (nSPS) is 13.0. The summed E-state index contributed by atoms with van der Waals surface area (Å²) in [5, 5.41) is 13.5. The molecular weight excluding hydrogens is 204 g/mol. The van der Waals surface area contributed by atoms with Crippen molar-refractivity contribution < 1.29 is 9.52 Å². The zero-order valence-electron chi connectivity index (χ0n) is 9.77. The molecule has 1 unspecified atom stereocenters. The molecule has 2 heterocycles. The fourth-order valence-electron chi connectivity index (χ4n) is 1.77. The molecule has 0 saturated heterocycles. The molecule has 0 aliphatic carbocycles. The van der Waals surface area contributed by atoms with E-state index in [1.807, 2.05) is 32.3 Å². The van der Waals surface area contributed by atoms with Crippen LogP contribution in [-0.4, -0.2) is 21.0 Å². The number of rotatable bonds is 3. The van der Waals surface area contributed by atoms with Crippen LogP contribution in [0.5, 0.6) is 0 Å². The van der Waals surface area contributed by atoms with Crippen LogP contribution in [0.4, 0.5) is 0 Å². The molecule has 2 aromatic rings. The minimum absolute atomic E-state index is 0.381. The van der Waals surface area contributed by atoms with Crippen LogP contribution >= 0.6 is 0 Å². The summed E-state index contributed by atoms with van der Waals surface area (Å²) < 4.78 is 7.43. The molecule has 0 fully saturated rings. The zero-order valence-corrected chi connectivity index (χ0v) is 9.77. The van der Waals surface area contributed by atoms with Crippen LogP contribution in [0.25, 0.3) is 11.3 Å². The molecule has 4 nitrogen and oxygen atoms in total. The minimum atomic E-state index is -0.381. The summed E-state index contributed by atoms with van der Waals surface area (Å²) in [6, 6.07) is 3.82. The number of aliphatic hydroxyl groups excluding tert-OH is 1. The van der Waals surface area contributed by atoms with E-state index in [1.54, 1.807) is 11.6 Å². The van der Waals surface area contributed by atoms with Crippen LogP contribution in [0.1, 0.15) is 18.4 Å². The molecule has 1 atom stereocenters. The summed E-state index contributed by atoms with van der Waals surface area (Å²) in [7, 11) is 1.89. The zero-order chi connectivity index (χ0) is 11.7. The second-order valence-electron chi connectivity index (χ2n) is 4.12. The van der Waals surface area contributed by atoms with Gasteiger partial charge in [-0.3, -0.25) is 4.68 Å². The Labute approximate surface area is 94.5 Å². The van der Waals surface area contributed by atoms with Crippen LogP contribution in [0, 0.1) is 6.92 Å². The number of hydrogen-bond acceptors (Lipinski definition) is 3. The molecule has 16 heavy (non-hydrogen) atoms. The maximum absolute atomic E-state index is 9.27. The van der Waals surface area contributed by atoms with E-state index >= 15 is 0 Å². The molecule has 0 radical (unpaired) electrons. The monoisotopic (exact) mass is 220 g/mol. The van der Waals surface area contributed by atoms with Gasteiger partial charge in [0.15, 0.2) is 0 Å². The SMILES string of the molecule is Cc1nn(C)cc1-c1ccc(CC(C)O)o1. The van der Waals surface area contributed by atoms with Gasteiger partial charge in [-0.25, -0.2) is 0 Å². The first-order valence-corrected chi connectivity index (χ1v) is 5.33. The van der Waals surface area contributed by atoms with Crippen LogP contribution in [-0.2, 0) is 13.5 Å². The Hall–Kier alpha value is -1.55. The lowest BCUT2D eigenvalue weighted by molar-refractivity contribution is 0.187. The summed E-state index contributed by atoms with van der Waals surface area (Å²) in [5.74, 6) is 1.61. The van der Waals surface area contributed by atoms with Gasteiger partial charge >= 0.3 is 0 Å². The van der Waals surface area contributed by atoms with Gasteiger partial charge in [0.1, 0.15) is 11.5 Å². The van der Waals surface area contributed by atoms with Crippen molar-refractivity contribution in [3.8, 4) is 11.3 Å². The predicted molar refractivity (Wildman–Crippen MR) is 61.0 cm³/mol. The van der Waals surface area contributed by atoms with Gasteiger partial charge in [-0.15, -0.1) is 0 Å². The van der Waals surface area contributed by atoms with Gasteiger partial charge in [0.2, 0.25) is 0 Å². The van der Waals surface area contributed by atoms with Crippen LogP contribution in [0.15, 0.2) is 22.7 Å². The van der Waals surface area contributed by atoms with Crippen molar-refractivity contribution in [1.82, 2.24) is 9.78 Å². The van der Waals surface area contributed by atoms with Crippen LogP contribution < -0.4 is 0 Å². The van der Waals surface area contributed by atoms with E-state index in [9.17, 15) is 5.11 Å². The molecule has 0 aliphatic heterocycles. The van der Waals surface area contributed by atoms with Gasteiger partial charge in [0.05, 0.1) is 17.4 Å². The molecular formula is C12H16N2O2. The number of aromatic nitrogens is 2. The Morgan fingerprint density at radius 3 is 2.81 bits per heavy atom. The Kier molecular flexibility index (Phi) is 2.83. The summed E-state index contributed by atoms with van der Waals surface area (Å²) >= 11 is 0. The standard InChI is InChI=1S/C12H16N2O2/c1-8(15)6-10-4-5-12(16-10)11-7-14(3)13-9(11)2/h4-5,7-8,15H,6H2,1-3H3. The van der Waals surface area contributed by atoms with E-state index in [0.29, 0.717) is 6.42 Å². The molecule has 0 bridgehead atoms.